The number of aromatic nitrogens is 2. The quantitative estimate of drug-likeness (QED) is 0.749. The summed E-state index contributed by atoms with van der Waals surface area (Å²) < 4.78 is 6.57. The van der Waals surface area contributed by atoms with Crippen LogP contribution in [0.5, 0.6) is 0 Å². The van der Waals surface area contributed by atoms with Crippen LogP contribution >= 0.6 is 0 Å². The summed E-state index contributed by atoms with van der Waals surface area (Å²) in [6.07, 6.45) is 3.25. The molecule has 1 heterocycles. The molecule has 0 N–H and O–H groups in total. The lowest BCUT2D eigenvalue weighted by Gasteiger charge is -2.24. The topological polar surface area (TPSA) is 61.2 Å². The molecule has 1 atom stereocenters. The Labute approximate surface area is 100 Å². The number of hydrogen-bond acceptors (Lipinski definition) is 4. The van der Waals surface area contributed by atoms with E-state index < -0.39 is 17.6 Å². The highest BCUT2D eigenvalue weighted by atomic mass is 16.6. The smallest absolute Gasteiger partial charge is 0.329 e. The first-order chi connectivity index (χ1) is 7.85. The number of carbonyl (C=O) groups excluding carboxylic acids is 1. The summed E-state index contributed by atoms with van der Waals surface area (Å²) in [7, 11) is 0. The van der Waals surface area contributed by atoms with Crippen molar-refractivity contribution in [1.82, 2.24) is 9.55 Å². The maximum Gasteiger partial charge on any atom is 0.329 e. The molecular formula is C12H18N2O3. The zero-order chi connectivity index (χ0) is 13.1. The molecule has 0 aliphatic carbocycles. The molecule has 0 aromatic carbocycles. The molecule has 0 amide bonds. The fourth-order valence-corrected chi connectivity index (χ4v) is 1.44. The van der Waals surface area contributed by atoms with Crippen LogP contribution in [0.15, 0.2) is 23.4 Å². The van der Waals surface area contributed by atoms with Gasteiger partial charge in [-0.05, 0) is 27.2 Å². The number of rotatable bonds is 3. The number of nitrogens with zero attached hydrogens (tertiary/aromatic N) is 2. The molecule has 0 radical (unpaired) electrons. The number of carbonyl (C=O) groups is 1. The SMILES string of the molecule is CC[C@@H](C(=O)OC(C)(C)C)n1cnccc1=O. The molecule has 0 saturated carbocycles. The van der Waals surface area contributed by atoms with Crippen LogP contribution in [0, 0.1) is 0 Å². The Balaban J connectivity index is 2.97. The molecule has 1 aromatic heterocycles. The minimum Gasteiger partial charge on any atom is -0.458 e. The molecule has 5 heteroatoms. The molecule has 5 nitrogen and oxygen atoms in total. The fraction of sp³-hybridized carbons (Fsp3) is 0.583. The van der Waals surface area contributed by atoms with Crippen molar-refractivity contribution in [1.29, 1.82) is 0 Å². The van der Waals surface area contributed by atoms with Crippen LogP contribution < -0.4 is 5.56 Å². The summed E-state index contributed by atoms with van der Waals surface area (Å²) in [6.45, 7) is 7.21. The first-order valence-electron chi connectivity index (χ1n) is 5.60. The molecule has 0 bridgehead atoms. The summed E-state index contributed by atoms with van der Waals surface area (Å²) in [5.41, 5.74) is -0.811. The van der Waals surface area contributed by atoms with Crippen LogP contribution in [0.4, 0.5) is 0 Å². The second kappa shape index (κ2) is 5.12. The maximum absolute atomic E-state index is 11.9. The minimum absolute atomic E-state index is 0.252. The average Bonchev–Trinajstić information content (AvgIpc) is 2.19. The van der Waals surface area contributed by atoms with Gasteiger partial charge in [-0.1, -0.05) is 6.92 Å². The second-order valence-corrected chi connectivity index (χ2v) is 4.78. The Bertz CT molecular complexity index is 446. The van der Waals surface area contributed by atoms with E-state index in [-0.39, 0.29) is 5.56 Å². The van der Waals surface area contributed by atoms with Gasteiger partial charge in [-0.3, -0.25) is 9.36 Å². The lowest BCUT2D eigenvalue weighted by atomic mass is 10.1. The first-order valence-corrected chi connectivity index (χ1v) is 5.60. The number of hydrogen-bond donors (Lipinski definition) is 0. The van der Waals surface area contributed by atoms with Crippen molar-refractivity contribution in [3.63, 3.8) is 0 Å². The van der Waals surface area contributed by atoms with Gasteiger partial charge in [0, 0.05) is 12.3 Å². The molecule has 0 unspecified atom stereocenters. The van der Waals surface area contributed by atoms with Crippen LogP contribution in [0.2, 0.25) is 0 Å². The van der Waals surface area contributed by atoms with E-state index in [0.717, 1.165) is 0 Å². The van der Waals surface area contributed by atoms with Crippen molar-refractivity contribution >= 4 is 5.97 Å². The van der Waals surface area contributed by atoms with E-state index in [2.05, 4.69) is 4.98 Å². The molecule has 0 saturated heterocycles. The minimum atomic E-state index is -0.615. The van der Waals surface area contributed by atoms with Crippen LogP contribution in [0.25, 0.3) is 0 Å². The van der Waals surface area contributed by atoms with Crippen LogP contribution in [0.3, 0.4) is 0 Å². The van der Waals surface area contributed by atoms with E-state index in [0.29, 0.717) is 6.42 Å². The summed E-state index contributed by atoms with van der Waals surface area (Å²) in [5, 5.41) is 0. The first kappa shape index (κ1) is 13.4. The van der Waals surface area contributed by atoms with E-state index in [1.807, 2.05) is 6.92 Å². The van der Waals surface area contributed by atoms with Gasteiger partial charge in [0.1, 0.15) is 11.6 Å². The monoisotopic (exact) mass is 238 g/mol. The largest absolute Gasteiger partial charge is 0.458 e. The van der Waals surface area contributed by atoms with Gasteiger partial charge in [0.15, 0.2) is 0 Å². The van der Waals surface area contributed by atoms with Crippen molar-refractivity contribution in [3.8, 4) is 0 Å². The maximum atomic E-state index is 11.9. The molecule has 17 heavy (non-hydrogen) atoms. The Hall–Kier alpha value is -1.65. The van der Waals surface area contributed by atoms with E-state index >= 15 is 0 Å². The van der Waals surface area contributed by atoms with Gasteiger partial charge in [0.2, 0.25) is 0 Å². The van der Waals surface area contributed by atoms with Crippen LogP contribution in [0.1, 0.15) is 40.2 Å². The van der Waals surface area contributed by atoms with E-state index in [9.17, 15) is 9.59 Å². The third-order valence-electron chi connectivity index (χ3n) is 2.15. The molecule has 1 aromatic rings. The Morgan fingerprint density at radius 2 is 2.18 bits per heavy atom. The molecule has 1 rings (SSSR count). The van der Waals surface area contributed by atoms with Crippen molar-refractivity contribution in [2.24, 2.45) is 0 Å². The van der Waals surface area contributed by atoms with E-state index in [4.69, 9.17) is 4.74 Å². The van der Waals surface area contributed by atoms with Crippen LogP contribution in [-0.2, 0) is 9.53 Å². The highest BCUT2D eigenvalue weighted by Gasteiger charge is 2.25. The third-order valence-corrected chi connectivity index (χ3v) is 2.15. The zero-order valence-corrected chi connectivity index (χ0v) is 10.6. The van der Waals surface area contributed by atoms with Crippen molar-refractivity contribution < 1.29 is 9.53 Å². The van der Waals surface area contributed by atoms with Gasteiger partial charge in [-0.25, -0.2) is 9.78 Å². The van der Waals surface area contributed by atoms with Crippen molar-refractivity contribution in [2.45, 2.75) is 45.8 Å². The Kier molecular flexibility index (Phi) is 4.04. The summed E-state index contributed by atoms with van der Waals surface area (Å²) in [5.74, 6) is -0.407. The summed E-state index contributed by atoms with van der Waals surface area (Å²) in [4.78, 5) is 27.4. The molecule has 0 fully saturated rings. The third kappa shape index (κ3) is 3.69. The number of esters is 1. The lowest BCUT2D eigenvalue weighted by molar-refractivity contribution is -0.159. The average molecular weight is 238 g/mol. The summed E-state index contributed by atoms with van der Waals surface area (Å²) >= 11 is 0. The Morgan fingerprint density at radius 1 is 1.53 bits per heavy atom. The molecule has 0 aliphatic rings. The standard InChI is InChI=1S/C12H18N2O3/c1-5-9(11(16)17-12(2,3)4)14-8-13-7-6-10(14)15/h6-9H,5H2,1-4H3/t9-/m0/s1. The van der Waals surface area contributed by atoms with Gasteiger partial charge >= 0.3 is 5.97 Å². The van der Waals surface area contributed by atoms with Gasteiger partial charge in [-0.15, -0.1) is 0 Å². The normalized spacial score (nSPS) is 13.2. The van der Waals surface area contributed by atoms with E-state index in [1.165, 1.54) is 23.2 Å². The van der Waals surface area contributed by atoms with Crippen molar-refractivity contribution in [2.75, 3.05) is 0 Å². The predicted molar refractivity (Wildman–Crippen MR) is 63.7 cm³/mol. The molecule has 0 spiro atoms. The predicted octanol–water partition coefficient (Wildman–Crippen LogP) is 1.54. The highest BCUT2D eigenvalue weighted by molar-refractivity contribution is 5.74. The van der Waals surface area contributed by atoms with Gasteiger partial charge < -0.3 is 4.74 Å². The second-order valence-electron chi connectivity index (χ2n) is 4.78. The van der Waals surface area contributed by atoms with Gasteiger partial charge in [0.05, 0.1) is 6.33 Å². The van der Waals surface area contributed by atoms with Crippen LogP contribution in [-0.4, -0.2) is 21.1 Å². The molecule has 0 aliphatic heterocycles. The van der Waals surface area contributed by atoms with Crippen molar-refractivity contribution in [3.05, 3.63) is 28.9 Å². The number of ether oxygens (including phenoxy) is 1. The Morgan fingerprint density at radius 3 is 2.65 bits per heavy atom. The molecular weight excluding hydrogens is 220 g/mol. The summed E-state index contributed by atoms with van der Waals surface area (Å²) in [6, 6.07) is 0.711. The van der Waals surface area contributed by atoms with E-state index in [1.54, 1.807) is 20.8 Å². The van der Waals surface area contributed by atoms with Gasteiger partial charge in [0.25, 0.3) is 5.56 Å². The highest BCUT2D eigenvalue weighted by Crippen LogP contribution is 2.16. The molecule has 94 valence electrons. The van der Waals surface area contributed by atoms with Gasteiger partial charge in [-0.2, -0.15) is 0 Å². The zero-order valence-electron chi connectivity index (χ0n) is 10.6. The fourth-order valence-electron chi connectivity index (χ4n) is 1.44. The lowest BCUT2D eigenvalue weighted by Crippen LogP contribution is -2.34.